The molecular formula is C14H11Cl2N3O2. The van der Waals surface area contributed by atoms with Crippen molar-refractivity contribution in [1.82, 2.24) is 9.78 Å². The number of carbonyl (C=O) groups excluding carboxylic acids is 2. The number of carbonyl (C=O) groups is 2. The Morgan fingerprint density at radius 2 is 1.90 bits per heavy atom. The van der Waals surface area contributed by atoms with Gasteiger partial charge in [0.1, 0.15) is 0 Å². The predicted molar refractivity (Wildman–Crippen MR) is 80.1 cm³/mol. The first-order valence-electron chi connectivity index (χ1n) is 6.30. The lowest BCUT2D eigenvalue weighted by Crippen LogP contribution is -2.31. The zero-order valence-corrected chi connectivity index (χ0v) is 12.6. The number of ketones is 1. The van der Waals surface area contributed by atoms with Crippen LogP contribution in [0.4, 0.5) is 5.69 Å². The molecule has 0 bridgehead atoms. The highest BCUT2D eigenvalue weighted by molar-refractivity contribution is 6.56. The number of fused-ring (bicyclic) bond motifs is 1. The lowest BCUT2D eigenvalue weighted by atomic mass is 10.1. The van der Waals surface area contributed by atoms with E-state index in [9.17, 15) is 9.59 Å². The van der Waals surface area contributed by atoms with E-state index in [2.05, 4.69) is 5.10 Å². The molecule has 1 aliphatic rings. The molecule has 5 nitrogen and oxygen atoms in total. The van der Waals surface area contributed by atoms with E-state index in [4.69, 9.17) is 23.2 Å². The second-order valence-corrected chi connectivity index (χ2v) is 5.63. The van der Waals surface area contributed by atoms with Crippen molar-refractivity contribution in [3.05, 3.63) is 45.7 Å². The fourth-order valence-electron chi connectivity index (χ4n) is 2.41. The Morgan fingerprint density at radius 3 is 2.57 bits per heavy atom. The average molecular weight is 324 g/mol. The van der Waals surface area contributed by atoms with Crippen molar-refractivity contribution in [2.75, 3.05) is 11.4 Å². The molecule has 0 fully saturated rings. The minimum absolute atomic E-state index is 0.195. The maximum atomic E-state index is 12.1. The standard InChI is InChI=1S/C14H11Cl2N3O2/c1-18-7-8(6-17-18)4-5-19-12-10(16)3-2-9(15)11(12)13(20)14(19)21/h2-3,6-7H,4-5H2,1H3. The summed E-state index contributed by atoms with van der Waals surface area (Å²) in [6.07, 6.45) is 4.17. The van der Waals surface area contributed by atoms with Crippen LogP contribution in [0.25, 0.3) is 0 Å². The Labute approximate surface area is 131 Å². The van der Waals surface area contributed by atoms with Crippen LogP contribution in [0.2, 0.25) is 10.0 Å². The van der Waals surface area contributed by atoms with Crippen LogP contribution >= 0.6 is 23.2 Å². The van der Waals surface area contributed by atoms with Gasteiger partial charge in [-0.25, -0.2) is 0 Å². The first-order chi connectivity index (χ1) is 9.99. The Kier molecular flexibility index (Phi) is 3.47. The number of rotatable bonds is 3. The van der Waals surface area contributed by atoms with Crippen molar-refractivity contribution in [1.29, 1.82) is 0 Å². The van der Waals surface area contributed by atoms with Crippen LogP contribution in [0.15, 0.2) is 24.5 Å². The minimum atomic E-state index is -0.608. The summed E-state index contributed by atoms with van der Waals surface area (Å²) in [5, 5.41) is 4.66. The van der Waals surface area contributed by atoms with E-state index in [0.717, 1.165) is 5.56 Å². The molecule has 0 N–H and O–H groups in total. The SMILES string of the molecule is Cn1cc(CCN2C(=O)C(=O)c3c(Cl)ccc(Cl)c32)cn1. The van der Waals surface area contributed by atoms with Gasteiger partial charge >= 0.3 is 0 Å². The van der Waals surface area contributed by atoms with E-state index < -0.39 is 11.7 Å². The largest absolute Gasteiger partial charge is 0.303 e. The molecule has 7 heteroatoms. The minimum Gasteiger partial charge on any atom is -0.303 e. The number of aryl methyl sites for hydroxylation is 1. The fraction of sp³-hybridized carbons (Fsp3) is 0.214. The smallest absolute Gasteiger partial charge is 0.299 e. The van der Waals surface area contributed by atoms with Crippen LogP contribution in [0.3, 0.4) is 0 Å². The lowest BCUT2D eigenvalue weighted by Gasteiger charge is -2.17. The van der Waals surface area contributed by atoms with Crippen molar-refractivity contribution in [2.45, 2.75) is 6.42 Å². The molecule has 1 amide bonds. The third kappa shape index (κ3) is 2.32. The quantitative estimate of drug-likeness (QED) is 0.815. The molecule has 21 heavy (non-hydrogen) atoms. The zero-order valence-electron chi connectivity index (χ0n) is 11.1. The van der Waals surface area contributed by atoms with E-state index in [0.29, 0.717) is 23.7 Å². The second kappa shape index (κ2) is 5.16. The highest BCUT2D eigenvalue weighted by Gasteiger charge is 2.38. The number of hydrogen-bond acceptors (Lipinski definition) is 3. The maximum absolute atomic E-state index is 12.1. The normalized spacial score (nSPS) is 14.0. The van der Waals surface area contributed by atoms with Gasteiger partial charge in [-0.3, -0.25) is 14.3 Å². The first kappa shape index (κ1) is 14.1. The van der Waals surface area contributed by atoms with Crippen LogP contribution in [0.5, 0.6) is 0 Å². The molecule has 2 heterocycles. The number of halogens is 2. The van der Waals surface area contributed by atoms with Gasteiger partial charge in [-0.1, -0.05) is 23.2 Å². The molecule has 0 radical (unpaired) electrons. The van der Waals surface area contributed by atoms with E-state index in [1.807, 2.05) is 13.2 Å². The molecule has 0 saturated carbocycles. The average Bonchev–Trinajstić information content (AvgIpc) is 2.97. The summed E-state index contributed by atoms with van der Waals surface area (Å²) in [6, 6.07) is 3.12. The molecule has 0 aliphatic carbocycles. The first-order valence-corrected chi connectivity index (χ1v) is 7.06. The molecule has 0 unspecified atom stereocenters. The van der Waals surface area contributed by atoms with Crippen molar-refractivity contribution in [3.63, 3.8) is 0 Å². The van der Waals surface area contributed by atoms with Gasteiger partial charge in [-0.2, -0.15) is 5.10 Å². The molecule has 2 aromatic rings. The number of anilines is 1. The molecule has 1 aromatic heterocycles. The van der Waals surface area contributed by atoms with E-state index in [1.165, 1.54) is 11.0 Å². The highest BCUT2D eigenvalue weighted by atomic mass is 35.5. The molecule has 1 aliphatic heterocycles. The van der Waals surface area contributed by atoms with Crippen molar-refractivity contribution in [3.8, 4) is 0 Å². The number of aromatic nitrogens is 2. The Hall–Kier alpha value is -1.85. The van der Waals surface area contributed by atoms with Crippen LogP contribution < -0.4 is 4.90 Å². The number of hydrogen-bond donors (Lipinski definition) is 0. The summed E-state index contributed by atoms with van der Waals surface area (Å²) < 4.78 is 1.68. The molecule has 1 aromatic carbocycles. The molecule has 0 saturated heterocycles. The monoisotopic (exact) mass is 323 g/mol. The summed E-state index contributed by atoms with van der Waals surface area (Å²) in [5.74, 6) is -1.20. The van der Waals surface area contributed by atoms with Gasteiger partial charge < -0.3 is 4.90 Å². The number of amides is 1. The summed E-state index contributed by atoms with van der Waals surface area (Å²) in [7, 11) is 1.82. The third-order valence-electron chi connectivity index (χ3n) is 3.40. The van der Waals surface area contributed by atoms with Crippen LogP contribution in [0, 0.1) is 0 Å². The Balaban J connectivity index is 1.92. The van der Waals surface area contributed by atoms with Gasteiger partial charge in [0.2, 0.25) is 0 Å². The van der Waals surface area contributed by atoms with Gasteiger partial charge in [-0.05, 0) is 24.1 Å². The molecule has 0 spiro atoms. The number of benzene rings is 1. The summed E-state index contributed by atoms with van der Waals surface area (Å²) in [4.78, 5) is 25.6. The number of Topliss-reactive ketones (excluding diaryl/α,β-unsaturated/α-hetero) is 1. The van der Waals surface area contributed by atoms with Crippen molar-refractivity contribution in [2.24, 2.45) is 7.05 Å². The van der Waals surface area contributed by atoms with Gasteiger partial charge in [-0.15, -0.1) is 0 Å². The second-order valence-electron chi connectivity index (χ2n) is 4.81. The topological polar surface area (TPSA) is 55.2 Å². The molecular weight excluding hydrogens is 313 g/mol. The van der Waals surface area contributed by atoms with E-state index >= 15 is 0 Å². The zero-order chi connectivity index (χ0) is 15.1. The van der Waals surface area contributed by atoms with E-state index in [-0.39, 0.29) is 10.6 Å². The van der Waals surface area contributed by atoms with Gasteiger partial charge in [0.05, 0.1) is 27.5 Å². The summed E-state index contributed by atoms with van der Waals surface area (Å²) in [6.45, 7) is 0.351. The Bertz CT molecular complexity index is 755. The van der Waals surface area contributed by atoms with Gasteiger partial charge in [0, 0.05) is 19.8 Å². The van der Waals surface area contributed by atoms with Crippen molar-refractivity contribution < 1.29 is 9.59 Å². The van der Waals surface area contributed by atoms with Crippen molar-refractivity contribution >= 4 is 40.6 Å². The van der Waals surface area contributed by atoms with Crippen LogP contribution in [-0.4, -0.2) is 28.0 Å². The third-order valence-corrected chi connectivity index (χ3v) is 4.02. The number of nitrogens with zero attached hydrogens (tertiary/aromatic N) is 3. The fourth-order valence-corrected chi connectivity index (χ4v) is 2.91. The molecule has 108 valence electrons. The molecule has 3 rings (SSSR count). The Morgan fingerprint density at radius 1 is 1.19 bits per heavy atom. The van der Waals surface area contributed by atoms with Crippen LogP contribution in [0.1, 0.15) is 15.9 Å². The van der Waals surface area contributed by atoms with E-state index in [1.54, 1.807) is 16.9 Å². The van der Waals surface area contributed by atoms with Gasteiger partial charge in [0.25, 0.3) is 11.7 Å². The predicted octanol–water partition coefficient (Wildman–Crippen LogP) is 2.50. The maximum Gasteiger partial charge on any atom is 0.299 e. The van der Waals surface area contributed by atoms with Gasteiger partial charge in [0.15, 0.2) is 0 Å². The highest BCUT2D eigenvalue weighted by Crippen LogP contribution is 2.39. The molecule has 0 atom stereocenters. The summed E-state index contributed by atoms with van der Waals surface area (Å²) in [5.41, 5.74) is 1.58. The summed E-state index contributed by atoms with van der Waals surface area (Å²) >= 11 is 12.1. The van der Waals surface area contributed by atoms with Crippen LogP contribution in [-0.2, 0) is 18.3 Å². The lowest BCUT2D eigenvalue weighted by molar-refractivity contribution is -0.114.